The summed E-state index contributed by atoms with van der Waals surface area (Å²) in [5, 5.41) is 9.66. The second-order valence-corrected chi connectivity index (χ2v) is 7.70. The molecule has 6 heteroatoms. The number of carbonyl (C=O) groups is 1. The fraction of sp³-hybridized carbons (Fsp3) is 0.632. The molecule has 1 aliphatic rings. The molecule has 1 amide bonds. The van der Waals surface area contributed by atoms with Crippen molar-refractivity contribution in [2.24, 2.45) is 0 Å². The molecule has 6 nitrogen and oxygen atoms in total. The van der Waals surface area contributed by atoms with Crippen molar-refractivity contribution in [3.63, 3.8) is 0 Å². The number of ether oxygens (including phenoxy) is 3. The van der Waals surface area contributed by atoms with Crippen molar-refractivity contribution in [2.75, 3.05) is 13.2 Å². The van der Waals surface area contributed by atoms with E-state index in [2.05, 4.69) is 0 Å². The van der Waals surface area contributed by atoms with Crippen LogP contribution in [0.5, 0.6) is 0 Å². The van der Waals surface area contributed by atoms with Crippen molar-refractivity contribution >= 4 is 6.09 Å². The molecular weight excluding hydrogens is 322 g/mol. The van der Waals surface area contributed by atoms with Crippen molar-refractivity contribution in [3.05, 3.63) is 35.9 Å². The van der Waals surface area contributed by atoms with Crippen molar-refractivity contribution in [1.29, 1.82) is 0 Å². The van der Waals surface area contributed by atoms with Gasteiger partial charge in [0.2, 0.25) is 0 Å². The first-order chi connectivity index (χ1) is 11.6. The molecule has 0 saturated carbocycles. The molecule has 1 N–H and O–H groups in total. The summed E-state index contributed by atoms with van der Waals surface area (Å²) in [6, 6.07) is 9.38. The number of nitrogens with zero attached hydrogens (tertiary/aromatic N) is 1. The first-order valence-corrected chi connectivity index (χ1v) is 8.57. The van der Waals surface area contributed by atoms with E-state index in [1.54, 1.807) is 13.8 Å². The maximum absolute atomic E-state index is 12.7. The molecule has 2 atom stereocenters. The maximum atomic E-state index is 12.7. The minimum Gasteiger partial charge on any atom is -0.444 e. The van der Waals surface area contributed by atoms with Crippen LogP contribution in [0, 0.1) is 0 Å². The minimum atomic E-state index is -0.878. The molecule has 1 aromatic rings. The summed E-state index contributed by atoms with van der Waals surface area (Å²) in [5.41, 5.74) is -0.443. The lowest BCUT2D eigenvalue weighted by molar-refractivity contribution is -0.0868. The summed E-state index contributed by atoms with van der Waals surface area (Å²) in [5.74, 6) is 0. The fourth-order valence-electron chi connectivity index (χ4n) is 2.95. The van der Waals surface area contributed by atoms with Crippen molar-refractivity contribution in [3.8, 4) is 0 Å². The summed E-state index contributed by atoms with van der Waals surface area (Å²) in [6.45, 7) is 9.52. The van der Waals surface area contributed by atoms with Gasteiger partial charge in [-0.3, -0.25) is 4.90 Å². The monoisotopic (exact) mass is 351 g/mol. The van der Waals surface area contributed by atoms with E-state index in [-0.39, 0.29) is 13.2 Å². The molecule has 1 heterocycles. The molecule has 2 rings (SSSR count). The van der Waals surface area contributed by atoms with Crippen LogP contribution < -0.4 is 0 Å². The van der Waals surface area contributed by atoms with Crippen LogP contribution in [-0.4, -0.2) is 52.8 Å². The lowest BCUT2D eigenvalue weighted by atomic mass is 10.1. The Morgan fingerprint density at radius 2 is 1.92 bits per heavy atom. The van der Waals surface area contributed by atoms with Gasteiger partial charge in [-0.05, 0) is 40.2 Å². The van der Waals surface area contributed by atoms with E-state index in [0.717, 1.165) is 5.56 Å². The summed E-state index contributed by atoms with van der Waals surface area (Å²) in [6.07, 6.45) is -0.986. The van der Waals surface area contributed by atoms with Crippen LogP contribution in [0.1, 0.15) is 40.2 Å². The summed E-state index contributed by atoms with van der Waals surface area (Å²) >= 11 is 0. The third-order valence-electron chi connectivity index (χ3n) is 3.95. The van der Waals surface area contributed by atoms with Gasteiger partial charge in [-0.25, -0.2) is 4.79 Å². The second-order valence-electron chi connectivity index (χ2n) is 7.70. The molecule has 0 spiro atoms. The number of aliphatic hydroxyl groups excluding tert-OH is 1. The molecule has 1 fully saturated rings. The predicted octanol–water partition coefficient (Wildman–Crippen LogP) is 2.94. The lowest BCUT2D eigenvalue weighted by Gasteiger charge is -2.35. The third-order valence-corrected chi connectivity index (χ3v) is 3.95. The number of hydrogen-bond donors (Lipinski definition) is 1. The Morgan fingerprint density at radius 3 is 2.48 bits per heavy atom. The highest BCUT2D eigenvalue weighted by Crippen LogP contribution is 2.33. The van der Waals surface area contributed by atoms with Gasteiger partial charge in [-0.1, -0.05) is 30.3 Å². The molecule has 140 valence electrons. The Morgan fingerprint density at radius 1 is 1.28 bits per heavy atom. The Labute approximate surface area is 149 Å². The first-order valence-electron chi connectivity index (χ1n) is 8.57. The highest BCUT2D eigenvalue weighted by Gasteiger charge is 2.51. The quantitative estimate of drug-likeness (QED) is 0.883. The van der Waals surface area contributed by atoms with Gasteiger partial charge in [-0.2, -0.15) is 0 Å². The van der Waals surface area contributed by atoms with Crippen LogP contribution in [0.4, 0.5) is 4.79 Å². The molecule has 0 unspecified atom stereocenters. The Balaban J connectivity index is 2.08. The molecule has 1 aromatic carbocycles. The van der Waals surface area contributed by atoms with Crippen molar-refractivity contribution < 1.29 is 24.1 Å². The SMILES string of the molecule is CC(C)(C)OC(=O)N1[C@H](COCc2ccccc2)[C@@H](CO)OC1(C)C. The average Bonchev–Trinajstić information content (AvgIpc) is 2.77. The van der Waals surface area contributed by atoms with Crippen molar-refractivity contribution in [1.82, 2.24) is 4.90 Å². The van der Waals surface area contributed by atoms with E-state index >= 15 is 0 Å². The minimum absolute atomic E-state index is 0.192. The number of hydrogen-bond acceptors (Lipinski definition) is 5. The van der Waals surface area contributed by atoms with Gasteiger partial charge in [0.05, 0.1) is 25.9 Å². The summed E-state index contributed by atoms with van der Waals surface area (Å²) in [7, 11) is 0. The van der Waals surface area contributed by atoms with Gasteiger partial charge in [-0.15, -0.1) is 0 Å². The van der Waals surface area contributed by atoms with Gasteiger partial charge in [0.15, 0.2) is 0 Å². The third kappa shape index (κ3) is 5.17. The number of carbonyl (C=O) groups excluding carboxylic acids is 1. The van der Waals surface area contributed by atoms with E-state index < -0.39 is 29.6 Å². The Kier molecular flexibility index (Phi) is 6.08. The maximum Gasteiger partial charge on any atom is 0.412 e. The highest BCUT2D eigenvalue weighted by molar-refractivity contribution is 5.70. The van der Waals surface area contributed by atoms with Gasteiger partial charge >= 0.3 is 6.09 Å². The van der Waals surface area contributed by atoms with Crippen LogP contribution in [0.3, 0.4) is 0 Å². The summed E-state index contributed by atoms with van der Waals surface area (Å²) in [4.78, 5) is 14.2. The van der Waals surface area contributed by atoms with E-state index in [0.29, 0.717) is 6.61 Å². The summed E-state index contributed by atoms with van der Waals surface area (Å²) < 4.78 is 17.2. The van der Waals surface area contributed by atoms with E-state index in [9.17, 15) is 9.90 Å². The largest absolute Gasteiger partial charge is 0.444 e. The number of aliphatic hydroxyl groups is 1. The average molecular weight is 351 g/mol. The van der Waals surface area contributed by atoms with Gasteiger partial charge in [0.25, 0.3) is 0 Å². The first kappa shape index (κ1) is 19.7. The molecule has 1 aliphatic heterocycles. The van der Waals surface area contributed by atoms with Gasteiger partial charge in [0, 0.05) is 0 Å². The zero-order chi connectivity index (χ0) is 18.7. The Bertz CT molecular complexity index is 567. The fourth-order valence-corrected chi connectivity index (χ4v) is 2.95. The smallest absolute Gasteiger partial charge is 0.412 e. The predicted molar refractivity (Wildman–Crippen MR) is 94.0 cm³/mol. The highest BCUT2D eigenvalue weighted by atomic mass is 16.6. The number of amides is 1. The zero-order valence-corrected chi connectivity index (χ0v) is 15.7. The van der Waals surface area contributed by atoms with Crippen LogP contribution in [-0.2, 0) is 20.8 Å². The van der Waals surface area contributed by atoms with Crippen LogP contribution in [0.25, 0.3) is 0 Å². The second kappa shape index (κ2) is 7.72. The normalized spacial score (nSPS) is 22.9. The van der Waals surface area contributed by atoms with E-state index in [1.807, 2.05) is 51.1 Å². The molecule has 0 radical (unpaired) electrons. The molecule has 0 aliphatic carbocycles. The van der Waals surface area contributed by atoms with Crippen LogP contribution in [0.15, 0.2) is 30.3 Å². The van der Waals surface area contributed by atoms with Crippen LogP contribution in [0.2, 0.25) is 0 Å². The Hall–Kier alpha value is -1.63. The molecule has 0 aromatic heterocycles. The lowest BCUT2D eigenvalue weighted by Crippen LogP contribution is -2.52. The number of benzene rings is 1. The molecule has 1 saturated heterocycles. The van der Waals surface area contributed by atoms with E-state index in [4.69, 9.17) is 14.2 Å². The van der Waals surface area contributed by atoms with Crippen LogP contribution >= 0.6 is 0 Å². The van der Waals surface area contributed by atoms with Crippen molar-refractivity contribution in [2.45, 2.75) is 64.7 Å². The molecule has 0 bridgehead atoms. The zero-order valence-electron chi connectivity index (χ0n) is 15.7. The van der Waals surface area contributed by atoms with E-state index in [1.165, 1.54) is 4.90 Å². The van der Waals surface area contributed by atoms with Gasteiger partial charge in [0.1, 0.15) is 17.4 Å². The molecular formula is C19H29NO5. The van der Waals surface area contributed by atoms with Gasteiger partial charge < -0.3 is 19.3 Å². The topological polar surface area (TPSA) is 68.2 Å². The molecule has 25 heavy (non-hydrogen) atoms. The number of rotatable bonds is 5. The standard InChI is InChI=1S/C19H29NO5/c1-18(2,3)25-17(22)20-15(16(11-21)24-19(20,4)5)13-23-12-14-9-7-6-8-10-14/h6-10,15-16,21H,11-13H2,1-5H3/t15-,16-/m1/s1.